The minimum absolute atomic E-state index is 0.00313. The van der Waals surface area contributed by atoms with Crippen molar-refractivity contribution in [2.75, 3.05) is 13.1 Å². The van der Waals surface area contributed by atoms with Crippen molar-refractivity contribution in [1.29, 1.82) is 0 Å². The Morgan fingerprint density at radius 1 is 1.41 bits per heavy atom. The number of hydrogen-bond donors (Lipinski definition) is 1. The monoisotopic (exact) mass is 464 g/mol. The van der Waals surface area contributed by atoms with Crippen molar-refractivity contribution in [3.05, 3.63) is 40.5 Å². The van der Waals surface area contributed by atoms with Crippen LogP contribution in [0.3, 0.4) is 0 Å². The average Bonchev–Trinajstić information content (AvgIpc) is 3.15. The van der Waals surface area contributed by atoms with Crippen LogP contribution in [-0.2, 0) is 22.4 Å². The maximum absolute atomic E-state index is 12.7. The topological polar surface area (TPSA) is 112 Å². The van der Waals surface area contributed by atoms with Gasteiger partial charge >= 0.3 is 0 Å². The number of amides is 2. The summed E-state index contributed by atoms with van der Waals surface area (Å²) in [6, 6.07) is 7.57. The Morgan fingerprint density at radius 2 is 2.24 bits per heavy atom. The van der Waals surface area contributed by atoms with Crippen LogP contribution in [0.5, 0.6) is 5.75 Å². The number of aromatic nitrogens is 2. The van der Waals surface area contributed by atoms with Crippen LogP contribution in [0, 0.1) is 5.92 Å². The number of hydrogen-bond acceptors (Lipinski definition) is 6. The van der Waals surface area contributed by atoms with Crippen LogP contribution in [0.2, 0.25) is 0 Å². The van der Waals surface area contributed by atoms with E-state index in [0.717, 1.165) is 10.2 Å². The van der Waals surface area contributed by atoms with E-state index in [4.69, 9.17) is 15.0 Å². The summed E-state index contributed by atoms with van der Waals surface area (Å²) in [5.41, 5.74) is 5.44. The fourth-order valence-corrected chi connectivity index (χ4v) is 3.85. The molecule has 0 saturated carbocycles. The number of carbonyl (C=O) groups is 2. The highest BCUT2D eigenvalue weighted by atomic mass is 79.9. The summed E-state index contributed by atoms with van der Waals surface area (Å²) in [4.78, 5) is 30.2. The highest BCUT2D eigenvalue weighted by Crippen LogP contribution is 2.27. The fraction of sp³-hybridized carbons (Fsp3) is 0.500. The molecule has 8 nitrogen and oxygen atoms in total. The number of carbonyl (C=O) groups excluding carboxylic acids is 2. The van der Waals surface area contributed by atoms with Gasteiger partial charge in [0.25, 0.3) is 0 Å². The van der Waals surface area contributed by atoms with Gasteiger partial charge in [0.05, 0.1) is 0 Å². The van der Waals surface area contributed by atoms with Crippen LogP contribution in [-0.4, -0.2) is 46.0 Å². The number of likely N-dealkylation sites (tertiary alicyclic amines) is 1. The second kappa shape index (κ2) is 9.87. The Morgan fingerprint density at radius 3 is 2.93 bits per heavy atom. The summed E-state index contributed by atoms with van der Waals surface area (Å²) in [7, 11) is 0. The number of primary amides is 1. The molecule has 2 aromatic rings. The van der Waals surface area contributed by atoms with Crippen LogP contribution >= 0.6 is 15.9 Å². The van der Waals surface area contributed by atoms with E-state index in [1.807, 2.05) is 31.2 Å². The van der Waals surface area contributed by atoms with Crippen molar-refractivity contribution in [3.63, 3.8) is 0 Å². The van der Waals surface area contributed by atoms with Gasteiger partial charge in [-0.25, -0.2) is 0 Å². The molecule has 0 spiro atoms. The molecule has 1 aliphatic rings. The van der Waals surface area contributed by atoms with E-state index in [1.54, 1.807) is 4.90 Å². The minimum atomic E-state index is -0.398. The molecule has 1 saturated heterocycles. The Balaban J connectivity index is 1.59. The highest BCUT2D eigenvalue weighted by molar-refractivity contribution is 9.10. The Bertz CT molecular complexity index is 857. The van der Waals surface area contributed by atoms with Crippen molar-refractivity contribution in [2.24, 2.45) is 11.7 Å². The quantitative estimate of drug-likeness (QED) is 0.641. The molecule has 2 heterocycles. The number of piperidine rings is 1. The van der Waals surface area contributed by atoms with Gasteiger partial charge in [0.1, 0.15) is 11.9 Å². The third-order valence-electron chi connectivity index (χ3n) is 4.94. The van der Waals surface area contributed by atoms with Crippen molar-refractivity contribution in [3.8, 4) is 5.75 Å². The molecule has 156 valence electrons. The molecule has 3 rings (SSSR count). The van der Waals surface area contributed by atoms with Crippen molar-refractivity contribution in [2.45, 2.75) is 45.1 Å². The molecule has 1 aromatic heterocycles. The van der Waals surface area contributed by atoms with Gasteiger partial charge in [-0.15, -0.1) is 0 Å². The maximum atomic E-state index is 12.7. The number of nitrogens with zero attached hydrogens (tertiary/aromatic N) is 3. The predicted molar refractivity (Wildman–Crippen MR) is 109 cm³/mol. The number of aryl methyl sites for hydroxylation is 2. The second-order valence-electron chi connectivity index (χ2n) is 7.13. The number of nitrogens with two attached hydrogens (primary N) is 1. The zero-order chi connectivity index (χ0) is 20.8. The first-order valence-corrected chi connectivity index (χ1v) is 10.5. The zero-order valence-corrected chi connectivity index (χ0v) is 17.9. The molecule has 2 amide bonds. The van der Waals surface area contributed by atoms with E-state index in [2.05, 4.69) is 26.1 Å². The van der Waals surface area contributed by atoms with E-state index in [9.17, 15) is 9.59 Å². The molecule has 1 fully saturated rings. The summed E-state index contributed by atoms with van der Waals surface area (Å²) in [5.74, 6) is 1.28. The lowest BCUT2D eigenvalue weighted by Crippen LogP contribution is -2.49. The Kier molecular flexibility index (Phi) is 7.24. The third kappa shape index (κ3) is 6.03. The van der Waals surface area contributed by atoms with E-state index >= 15 is 0 Å². The van der Waals surface area contributed by atoms with Crippen LogP contribution in [0.4, 0.5) is 0 Å². The SMILES string of the molecule is CCc1noc(CCC(=O)N2CC[C@H](Oc3cccc(Br)c3)[C@@H](CC(N)=O)C2)n1. The number of ether oxygens (including phenoxy) is 1. The molecule has 0 unspecified atom stereocenters. The minimum Gasteiger partial charge on any atom is -0.490 e. The largest absolute Gasteiger partial charge is 0.490 e. The molecule has 0 aliphatic carbocycles. The van der Waals surface area contributed by atoms with Crippen LogP contribution in [0.25, 0.3) is 0 Å². The predicted octanol–water partition coefficient (Wildman–Crippen LogP) is 2.50. The van der Waals surface area contributed by atoms with E-state index in [-0.39, 0.29) is 30.8 Å². The molecule has 2 atom stereocenters. The highest BCUT2D eigenvalue weighted by Gasteiger charge is 2.34. The van der Waals surface area contributed by atoms with Gasteiger partial charge in [-0.3, -0.25) is 9.59 Å². The van der Waals surface area contributed by atoms with Crippen molar-refractivity contribution < 1.29 is 18.8 Å². The lowest BCUT2D eigenvalue weighted by atomic mass is 9.91. The summed E-state index contributed by atoms with van der Waals surface area (Å²) < 4.78 is 12.2. The molecule has 1 aromatic carbocycles. The third-order valence-corrected chi connectivity index (χ3v) is 5.44. The molecule has 0 bridgehead atoms. The summed E-state index contributed by atoms with van der Waals surface area (Å²) in [5, 5.41) is 3.84. The molecule has 1 aliphatic heterocycles. The number of rotatable bonds is 8. The van der Waals surface area contributed by atoms with Crippen molar-refractivity contribution in [1.82, 2.24) is 15.0 Å². The van der Waals surface area contributed by atoms with Gasteiger partial charge in [0.2, 0.25) is 17.7 Å². The molecular formula is C20H25BrN4O4. The van der Waals surface area contributed by atoms with Gasteiger partial charge in [0.15, 0.2) is 5.82 Å². The number of benzene rings is 1. The van der Waals surface area contributed by atoms with Gasteiger partial charge < -0.3 is 19.9 Å². The first-order valence-electron chi connectivity index (χ1n) is 9.74. The number of halogens is 1. The van der Waals surface area contributed by atoms with E-state index in [0.29, 0.717) is 44.1 Å². The second-order valence-corrected chi connectivity index (χ2v) is 8.05. The first-order chi connectivity index (χ1) is 13.9. The van der Waals surface area contributed by atoms with Gasteiger partial charge in [-0.1, -0.05) is 34.1 Å². The molecular weight excluding hydrogens is 440 g/mol. The van der Waals surface area contributed by atoms with Crippen LogP contribution in [0.1, 0.15) is 37.9 Å². The Hall–Kier alpha value is -2.42. The smallest absolute Gasteiger partial charge is 0.227 e. The van der Waals surface area contributed by atoms with Crippen LogP contribution < -0.4 is 10.5 Å². The molecule has 29 heavy (non-hydrogen) atoms. The lowest BCUT2D eigenvalue weighted by Gasteiger charge is -2.38. The molecule has 9 heteroatoms. The van der Waals surface area contributed by atoms with Gasteiger partial charge in [0, 0.05) is 55.6 Å². The fourth-order valence-electron chi connectivity index (χ4n) is 3.47. The summed E-state index contributed by atoms with van der Waals surface area (Å²) in [6.45, 7) is 2.94. The Labute approximate surface area is 177 Å². The normalized spacial score (nSPS) is 19.2. The van der Waals surface area contributed by atoms with Crippen LogP contribution in [0.15, 0.2) is 33.3 Å². The summed E-state index contributed by atoms with van der Waals surface area (Å²) in [6.07, 6.45) is 2.01. The van der Waals surface area contributed by atoms with E-state index < -0.39 is 5.91 Å². The first kappa shape index (κ1) is 21.3. The standard InChI is InChI=1S/C20H25BrN4O4/c1-2-18-23-19(29-24-18)6-7-20(27)25-9-8-16(13(12-25)10-17(22)26)28-15-5-3-4-14(21)11-15/h3-5,11,13,16H,2,6-10,12H2,1H3,(H2,22,26)/t13-,16-/m0/s1. The zero-order valence-electron chi connectivity index (χ0n) is 16.3. The van der Waals surface area contributed by atoms with E-state index in [1.165, 1.54) is 0 Å². The lowest BCUT2D eigenvalue weighted by molar-refractivity contribution is -0.136. The van der Waals surface area contributed by atoms with Gasteiger partial charge in [-0.05, 0) is 18.2 Å². The maximum Gasteiger partial charge on any atom is 0.227 e. The summed E-state index contributed by atoms with van der Waals surface area (Å²) >= 11 is 3.43. The molecule has 2 N–H and O–H groups in total. The van der Waals surface area contributed by atoms with Crippen molar-refractivity contribution >= 4 is 27.7 Å². The average molecular weight is 465 g/mol. The molecule has 0 radical (unpaired) electrons. The van der Waals surface area contributed by atoms with Gasteiger partial charge in [-0.2, -0.15) is 4.98 Å².